The van der Waals surface area contributed by atoms with Crippen molar-refractivity contribution in [2.45, 2.75) is 12.8 Å². The normalized spacial score (nSPS) is 15.4. The first-order valence-corrected chi connectivity index (χ1v) is 10.9. The fraction of sp³-hybridized carbons (Fsp3) is 0.150. The Hall–Kier alpha value is -1.67. The lowest BCUT2D eigenvalue weighted by molar-refractivity contribution is -0.122. The van der Waals surface area contributed by atoms with E-state index in [2.05, 4.69) is 21.2 Å². The number of thiocarbonyl (C=S) groups is 1. The summed E-state index contributed by atoms with van der Waals surface area (Å²) in [5.74, 6) is -0.252. The molecule has 0 bridgehead atoms. The zero-order chi connectivity index (χ0) is 20.1. The van der Waals surface area contributed by atoms with E-state index in [4.69, 9.17) is 23.8 Å². The Balaban J connectivity index is 1.55. The van der Waals surface area contributed by atoms with Gasteiger partial charge < -0.3 is 5.32 Å². The van der Waals surface area contributed by atoms with Gasteiger partial charge in [0.2, 0.25) is 5.91 Å². The van der Waals surface area contributed by atoms with Crippen molar-refractivity contribution in [3.05, 3.63) is 68.5 Å². The maximum absolute atomic E-state index is 12.6. The summed E-state index contributed by atoms with van der Waals surface area (Å²) in [5, 5.41) is 3.42. The number of rotatable bonds is 6. The third kappa shape index (κ3) is 5.44. The van der Waals surface area contributed by atoms with E-state index >= 15 is 0 Å². The van der Waals surface area contributed by atoms with Crippen LogP contribution < -0.4 is 5.32 Å². The van der Waals surface area contributed by atoms with Crippen molar-refractivity contribution in [1.29, 1.82) is 0 Å². The Bertz CT molecular complexity index is 965. The van der Waals surface area contributed by atoms with E-state index in [-0.39, 0.29) is 11.8 Å². The van der Waals surface area contributed by atoms with Gasteiger partial charge in [-0.15, -0.1) is 0 Å². The highest BCUT2D eigenvalue weighted by atomic mass is 79.9. The minimum absolute atomic E-state index is 0.102. The minimum atomic E-state index is -0.151. The molecule has 0 spiro atoms. The molecular formula is C20H16BrClN2O2S2. The average molecular weight is 496 g/mol. The number of hydrogen-bond acceptors (Lipinski definition) is 4. The largest absolute Gasteiger partial charge is 0.326 e. The topological polar surface area (TPSA) is 49.4 Å². The van der Waals surface area contributed by atoms with Gasteiger partial charge in [-0.2, -0.15) is 0 Å². The number of halogens is 2. The number of hydrogen-bond donors (Lipinski definition) is 1. The summed E-state index contributed by atoms with van der Waals surface area (Å²) in [6.45, 7) is 0.399. The fourth-order valence-corrected chi connectivity index (χ4v) is 4.50. The van der Waals surface area contributed by atoms with Gasteiger partial charge in [-0.05, 0) is 42.3 Å². The van der Waals surface area contributed by atoms with Gasteiger partial charge in [-0.3, -0.25) is 14.5 Å². The van der Waals surface area contributed by atoms with Crippen molar-refractivity contribution in [1.82, 2.24) is 4.90 Å². The van der Waals surface area contributed by atoms with Gasteiger partial charge in [-0.25, -0.2) is 0 Å². The highest BCUT2D eigenvalue weighted by Gasteiger charge is 2.31. The molecule has 4 nitrogen and oxygen atoms in total. The van der Waals surface area contributed by atoms with Gasteiger partial charge in [0, 0.05) is 28.1 Å². The van der Waals surface area contributed by atoms with Crippen molar-refractivity contribution in [3.8, 4) is 0 Å². The predicted molar refractivity (Wildman–Crippen MR) is 123 cm³/mol. The average Bonchev–Trinajstić information content (AvgIpc) is 2.91. The van der Waals surface area contributed by atoms with E-state index in [0.717, 1.165) is 15.7 Å². The maximum Gasteiger partial charge on any atom is 0.266 e. The van der Waals surface area contributed by atoms with Gasteiger partial charge in [-0.1, -0.05) is 75.8 Å². The summed E-state index contributed by atoms with van der Waals surface area (Å²) in [6.07, 6.45) is 2.57. The molecule has 8 heteroatoms. The van der Waals surface area contributed by atoms with Crippen LogP contribution in [0.3, 0.4) is 0 Å². The van der Waals surface area contributed by atoms with Gasteiger partial charge in [0.05, 0.1) is 4.91 Å². The van der Waals surface area contributed by atoms with Crippen LogP contribution in [-0.4, -0.2) is 27.6 Å². The van der Waals surface area contributed by atoms with E-state index in [1.54, 1.807) is 12.1 Å². The Morgan fingerprint density at radius 3 is 2.79 bits per heavy atom. The Kier molecular flexibility index (Phi) is 7.29. The first-order valence-electron chi connectivity index (χ1n) is 8.49. The van der Waals surface area contributed by atoms with Crippen LogP contribution in [0.25, 0.3) is 6.08 Å². The molecule has 144 valence electrons. The second-order valence-electron chi connectivity index (χ2n) is 6.02. The summed E-state index contributed by atoms with van der Waals surface area (Å²) in [5.41, 5.74) is 1.51. The monoisotopic (exact) mass is 494 g/mol. The van der Waals surface area contributed by atoms with Gasteiger partial charge in [0.1, 0.15) is 4.32 Å². The van der Waals surface area contributed by atoms with Gasteiger partial charge in [0.15, 0.2) is 0 Å². The number of anilines is 1. The van der Waals surface area contributed by atoms with Crippen LogP contribution in [-0.2, 0) is 9.59 Å². The first-order chi connectivity index (χ1) is 13.4. The third-order valence-corrected chi connectivity index (χ3v) is 6.17. The highest BCUT2D eigenvalue weighted by molar-refractivity contribution is 9.10. The quantitative estimate of drug-likeness (QED) is 0.411. The molecule has 28 heavy (non-hydrogen) atoms. The van der Waals surface area contributed by atoms with E-state index in [0.29, 0.717) is 33.6 Å². The molecule has 0 atom stereocenters. The Morgan fingerprint density at radius 2 is 2.04 bits per heavy atom. The Labute approximate surface area is 186 Å². The summed E-state index contributed by atoms with van der Waals surface area (Å²) in [6, 6.07) is 14.7. The molecule has 0 radical (unpaired) electrons. The fourth-order valence-electron chi connectivity index (χ4n) is 2.61. The van der Waals surface area contributed by atoms with Crippen molar-refractivity contribution < 1.29 is 9.59 Å². The molecule has 0 aromatic heterocycles. The smallest absolute Gasteiger partial charge is 0.266 e. The molecule has 1 fully saturated rings. The van der Waals surface area contributed by atoms with Crippen molar-refractivity contribution in [3.63, 3.8) is 0 Å². The van der Waals surface area contributed by atoms with Crippen LogP contribution in [0.1, 0.15) is 18.4 Å². The van der Waals surface area contributed by atoms with E-state index < -0.39 is 0 Å². The predicted octanol–water partition coefficient (Wildman–Crippen LogP) is 5.72. The molecule has 3 rings (SSSR count). The zero-order valence-corrected chi connectivity index (χ0v) is 18.6. The molecule has 1 N–H and O–H groups in total. The summed E-state index contributed by atoms with van der Waals surface area (Å²) in [4.78, 5) is 26.8. The molecule has 1 aliphatic rings. The second-order valence-corrected chi connectivity index (χ2v) is 9.02. The molecule has 1 saturated heterocycles. The number of nitrogens with zero attached hydrogens (tertiary/aromatic N) is 1. The lowest BCUT2D eigenvalue weighted by Gasteiger charge is -2.14. The van der Waals surface area contributed by atoms with Crippen LogP contribution in [0.2, 0.25) is 5.02 Å². The van der Waals surface area contributed by atoms with Crippen LogP contribution >= 0.6 is 51.5 Å². The van der Waals surface area contributed by atoms with Crippen LogP contribution in [0.4, 0.5) is 5.69 Å². The number of benzene rings is 2. The van der Waals surface area contributed by atoms with Crippen molar-refractivity contribution >= 4 is 79.4 Å². The molecule has 2 aromatic carbocycles. The molecular weight excluding hydrogens is 480 g/mol. The number of thioether (sulfide) groups is 1. The summed E-state index contributed by atoms with van der Waals surface area (Å²) >= 11 is 16.1. The molecule has 0 saturated carbocycles. The molecule has 1 aliphatic heterocycles. The first kappa shape index (κ1) is 21.0. The van der Waals surface area contributed by atoms with Gasteiger partial charge in [0.25, 0.3) is 5.91 Å². The molecule has 0 aliphatic carbocycles. The molecule has 2 amide bonds. The number of carbonyl (C=O) groups is 2. The van der Waals surface area contributed by atoms with Crippen LogP contribution in [0, 0.1) is 0 Å². The van der Waals surface area contributed by atoms with E-state index in [9.17, 15) is 9.59 Å². The Morgan fingerprint density at radius 1 is 1.25 bits per heavy atom. The summed E-state index contributed by atoms with van der Waals surface area (Å²) in [7, 11) is 0. The van der Waals surface area contributed by atoms with Gasteiger partial charge >= 0.3 is 0 Å². The van der Waals surface area contributed by atoms with Crippen LogP contribution in [0.5, 0.6) is 0 Å². The van der Waals surface area contributed by atoms with Crippen molar-refractivity contribution in [2.75, 3.05) is 11.9 Å². The maximum atomic E-state index is 12.6. The second kappa shape index (κ2) is 9.69. The summed E-state index contributed by atoms with van der Waals surface area (Å²) < 4.78 is 1.39. The standard InChI is InChI=1S/C20H16BrClN2O2S2/c21-14-6-3-7-15(12-14)23-18(25)9-4-10-24-19(26)17(28-20(24)27)11-13-5-1-2-8-16(13)22/h1-3,5-8,11-12H,4,9-10H2,(H,23,25). The van der Waals surface area contributed by atoms with Crippen LogP contribution in [0.15, 0.2) is 57.9 Å². The van der Waals surface area contributed by atoms with E-state index in [1.807, 2.05) is 42.5 Å². The molecule has 2 aromatic rings. The lowest BCUT2D eigenvalue weighted by Crippen LogP contribution is -2.29. The number of amides is 2. The molecule has 0 unspecified atom stereocenters. The lowest BCUT2D eigenvalue weighted by atomic mass is 10.2. The third-order valence-electron chi connectivity index (χ3n) is 3.96. The highest BCUT2D eigenvalue weighted by Crippen LogP contribution is 2.33. The van der Waals surface area contributed by atoms with E-state index in [1.165, 1.54) is 16.7 Å². The minimum Gasteiger partial charge on any atom is -0.326 e. The molecule has 1 heterocycles. The SMILES string of the molecule is O=C(CCCN1C(=O)C(=Cc2ccccc2Cl)SC1=S)Nc1cccc(Br)c1. The number of carbonyl (C=O) groups excluding carboxylic acids is 2. The van der Waals surface area contributed by atoms with Crippen molar-refractivity contribution in [2.24, 2.45) is 0 Å². The zero-order valence-electron chi connectivity index (χ0n) is 14.7. The number of nitrogens with one attached hydrogen (secondary N) is 1.